The number of amides is 1. The van der Waals surface area contributed by atoms with E-state index in [4.69, 9.17) is 0 Å². The van der Waals surface area contributed by atoms with Crippen molar-refractivity contribution in [2.45, 2.75) is 50.6 Å². The van der Waals surface area contributed by atoms with Gasteiger partial charge in [0.05, 0.1) is 0 Å². The number of halogens is 1. The number of aromatic nitrogens is 2. The summed E-state index contributed by atoms with van der Waals surface area (Å²) in [5.74, 6) is 0.0641. The minimum atomic E-state index is -0.601. The topological polar surface area (TPSA) is 59.0 Å². The molecule has 1 amide bonds. The van der Waals surface area contributed by atoms with Crippen LogP contribution in [0.25, 0.3) is 0 Å². The second kappa shape index (κ2) is 8.23. The van der Waals surface area contributed by atoms with Crippen molar-refractivity contribution in [3.05, 3.63) is 54.4 Å². The van der Waals surface area contributed by atoms with Crippen molar-refractivity contribution in [1.29, 1.82) is 0 Å². The maximum Gasteiger partial charge on any atom is 0.248 e. The van der Waals surface area contributed by atoms with Crippen LogP contribution in [0, 0.1) is 0 Å². The van der Waals surface area contributed by atoms with Crippen LogP contribution in [0.4, 0.5) is 0 Å². The highest BCUT2D eigenvalue weighted by atomic mass is 35.5. The van der Waals surface area contributed by atoms with E-state index in [0.717, 1.165) is 25.9 Å². The highest BCUT2D eigenvalue weighted by Crippen LogP contribution is 2.30. The van der Waals surface area contributed by atoms with Crippen LogP contribution in [-0.2, 0) is 15.7 Å². The average Bonchev–Trinajstić information content (AvgIpc) is 3.18. The van der Waals surface area contributed by atoms with Gasteiger partial charge in [0, 0.05) is 23.9 Å². The van der Waals surface area contributed by atoms with Crippen molar-refractivity contribution >= 4 is 18.3 Å². The van der Waals surface area contributed by atoms with E-state index in [-0.39, 0.29) is 29.8 Å². The van der Waals surface area contributed by atoms with E-state index in [0.29, 0.717) is 0 Å². The van der Waals surface area contributed by atoms with Gasteiger partial charge in [0.15, 0.2) is 0 Å². The van der Waals surface area contributed by atoms with Gasteiger partial charge >= 0.3 is 0 Å². The van der Waals surface area contributed by atoms with Gasteiger partial charge < -0.3 is 10.6 Å². The summed E-state index contributed by atoms with van der Waals surface area (Å²) in [6, 6.07) is 12.2. The molecule has 0 radical (unpaired) electrons. The summed E-state index contributed by atoms with van der Waals surface area (Å²) in [7, 11) is 0. The van der Waals surface area contributed by atoms with Crippen LogP contribution in [0.1, 0.15) is 39.2 Å². The molecule has 1 fully saturated rings. The fourth-order valence-electron chi connectivity index (χ4n) is 3.55. The minimum absolute atomic E-state index is 0. The second-order valence-corrected chi connectivity index (χ2v) is 7.52. The first-order valence-electron chi connectivity index (χ1n) is 9.04. The van der Waals surface area contributed by atoms with E-state index >= 15 is 0 Å². The fraction of sp³-hybridized carbons (Fsp3) is 0.500. The minimum Gasteiger partial charge on any atom is -0.351 e. The number of benzene rings is 1. The van der Waals surface area contributed by atoms with Crippen LogP contribution < -0.4 is 10.6 Å². The number of carbonyl (C=O) groups excluding carboxylic acids is 1. The van der Waals surface area contributed by atoms with Crippen molar-refractivity contribution in [1.82, 2.24) is 20.4 Å². The highest BCUT2D eigenvalue weighted by Gasteiger charge is 2.43. The van der Waals surface area contributed by atoms with Crippen molar-refractivity contribution in [3.63, 3.8) is 0 Å². The van der Waals surface area contributed by atoms with Crippen molar-refractivity contribution < 1.29 is 4.79 Å². The third-order valence-electron chi connectivity index (χ3n) is 5.74. The predicted octanol–water partition coefficient (Wildman–Crippen LogP) is 2.87. The van der Waals surface area contributed by atoms with E-state index < -0.39 is 5.54 Å². The summed E-state index contributed by atoms with van der Waals surface area (Å²) in [5.41, 5.74) is 0.464. The molecule has 6 heteroatoms. The van der Waals surface area contributed by atoms with Gasteiger partial charge in [-0.3, -0.25) is 9.48 Å². The van der Waals surface area contributed by atoms with Gasteiger partial charge in [0.25, 0.3) is 0 Å². The largest absolute Gasteiger partial charge is 0.351 e. The van der Waals surface area contributed by atoms with E-state index in [1.807, 2.05) is 35.1 Å². The smallest absolute Gasteiger partial charge is 0.248 e. The van der Waals surface area contributed by atoms with Crippen LogP contribution in [0.15, 0.2) is 48.8 Å². The third-order valence-corrected chi connectivity index (χ3v) is 5.74. The molecular weight excluding hydrogens is 348 g/mol. The van der Waals surface area contributed by atoms with Crippen molar-refractivity contribution in [2.24, 2.45) is 0 Å². The molecule has 142 valence electrons. The number of piperidine rings is 1. The lowest BCUT2D eigenvalue weighted by Gasteiger charge is -2.40. The Hall–Kier alpha value is -1.85. The summed E-state index contributed by atoms with van der Waals surface area (Å²) in [4.78, 5) is 13.3. The number of nitrogens with zero attached hydrogens (tertiary/aromatic N) is 2. The maximum atomic E-state index is 13.3. The molecule has 1 unspecified atom stereocenters. The molecule has 5 nitrogen and oxygen atoms in total. The maximum absolute atomic E-state index is 13.3. The quantitative estimate of drug-likeness (QED) is 0.843. The van der Waals surface area contributed by atoms with Gasteiger partial charge in [-0.05, 0) is 44.5 Å². The van der Waals surface area contributed by atoms with Gasteiger partial charge in [-0.25, -0.2) is 0 Å². The molecule has 1 aliphatic heterocycles. The van der Waals surface area contributed by atoms with E-state index in [1.165, 1.54) is 5.56 Å². The molecule has 1 aliphatic rings. The summed E-state index contributed by atoms with van der Waals surface area (Å²) in [6.45, 7) is 8.09. The Morgan fingerprint density at radius 2 is 1.88 bits per heavy atom. The first-order valence-corrected chi connectivity index (χ1v) is 9.04. The van der Waals surface area contributed by atoms with Crippen molar-refractivity contribution in [2.75, 3.05) is 13.1 Å². The van der Waals surface area contributed by atoms with Crippen LogP contribution in [0.5, 0.6) is 0 Å². The summed E-state index contributed by atoms with van der Waals surface area (Å²) >= 11 is 0. The molecular formula is C20H29ClN4O. The zero-order valence-electron chi connectivity index (χ0n) is 15.7. The molecule has 0 aliphatic carbocycles. The first kappa shape index (κ1) is 20.5. The Morgan fingerprint density at radius 3 is 2.46 bits per heavy atom. The van der Waals surface area contributed by atoms with E-state index in [1.54, 1.807) is 6.20 Å². The molecule has 2 N–H and O–H groups in total. The summed E-state index contributed by atoms with van der Waals surface area (Å²) in [6.07, 6.45) is 5.14. The molecule has 26 heavy (non-hydrogen) atoms. The zero-order chi connectivity index (χ0) is 17.9. The standard InChI is InChI=1S/C20H28N4O.ClH/c1-16(19(2,3)17-8-5-4-6-9-17)23-18(25)20(10-13-21-14-11-20)24-15-7-12-22-24;/h4-9,12,15-16,21H,10-11,13-14H2,1-3H3,(H,23,25);1H. The summed E-state index contributed by atoms with van der Waals surface area (Å²) in [5, 5.41) is 11.0. The Balaban J connectivity index is 0.00000243. The lowest BCUT2D eigenvalue weighted by atomic mass is 9.77. The van der Waals surface area contributed by atoms with Crippen LogP contribution in [0.2, 0.25) is 0 Å². The lowest BCUT2D eigenvalue weighted by molar-refractivity contribution is -0.133. The van der Waals surface area contributed by atoms with Gasteiger partial charge in [0.1, 0.15) is 5.54 Å². The molecule has 2 aromatic rings. The van der Waals surface area contributed by atoms with Gasteiger partial charge in [-0.1, -0.05) is 44.2 Å². The molecule has 0 saturated carbocycles. The third kappa shape index (κ3) is 3.79. The number of rotatable bonds is 5. The molecule has 0 spiro atoms. The molecule has 1 aromatic heterocycles. The molecule has 1 atom stereocenters. The van der Waals surface area contributed by atoms with Gasteiger partial charge in [-0.2, -0.15) is 5.10 Å². The lowest BCUT2D eigenvalue weighted by Crippen LogP contribution is -2.58. The first-order chi connectivity index (χ1) is 12.0. The average molecular weight is 377 g/mol. The molecule has 2 heterocycles. The monoisotopic (exact) mass is 376 g/mol. The van der Waals surface area contributed by atoms with E-state index in [2.05, 4.69) is 48.6 Å². The normalized spacial score (nSPS) is 17.8. The van der Waals surface area contributed by atoms with Gasteiger partial charge in [-0.15, -0.1) is 12.4 Å². The fourth-order valence-corrected chi connectivity index (χ4v) is 3.55. The summed E-state index contributed by atoms with van der Waals surface area (Å²) < 4.78 is 1.84. The SMILES string of the molecule is CC(NC(=O)C1(n2cccn2)CCNCC1)C(C)(C)c1ccccc1.Cl. The van der Waals surface area contributed by atoms with Crippen molar-refractivity contribution in [3.8, 4) is 0 Å². The second-order valence-electron chi connectivity index (χ2n) is 7.52. The Kier molecular flexibility index (Phi) is 6.48. The predicted molar refractivity (Wildman–Crippen MR) is 107 cm³/mol. The number of nitrogens with one attached hydrogen (secondary N) is 2. The van der Waals surface area contributed by atoms with E-state index in [9.17, 15) is 4.79 Å². The highest BCUT2D eigenvalue weighted by molar-refractivity contribution is 5.85. The number of hydrogen-bond donors (Lipinski definition) is 2. The van der Waals surface area contributed by atoms with Crippen LogP contribution >= 0.6 is 12.4 Å². The molecule has 1 aromatic carbocycles. The van der Waals surface area contributed by atoms with Gasteiger partial charge in [0.2, 0.25) is 5.91 Å². The Morgan fingerprint density at radius 1 is 1.23 bits per heavy atom. The van der Waals surface area contributed by atoms with Crippen LogP contribution in [0.3, 0.4) is 0 Å². The van der Waals surface area contributed by atoms with Crippen LogP contribution in [-0.4, -0.2) is 34.8 Å². The zero-order valence-corrected chi connectivity index (χ0v) is 16.6. The molecule has 0 bridgehead atoms. The number of hydrogen-bond acceptors (Lipinski definition) is 3. The number of carbonyl (C=O) groups is 1. The Labute approximate surface area is 162 Å². The Bertz CT molecular complexity index is 694. The molecule has 3 rings (SSSR count). The molecule has 1 saturated heterocycles.